The number of hydrogen-bond donors (Lipinski definition) is 1. The number of carbonyl (C=O) groups excluding carboxylic acids is 1. The molecule has 130 valence electrons. The van der Waals surface area contributed by atoms with Gasteiger partial charge < -0.3 is 9.84 Å². The molecule has 4 heteroatoms. The van der Waals surface area contributed by atoms with Gasteiger partial charge in [-0.3, -0.25) is 4.79 Å². The summed E-state index contributed by atoms with van der Waals surface area (Å²) in [6.07, 6.45) is 0.250. The first-order valence-corrected chi connectivity index (χ1v) is 8.41. The van der Waals surface area contributed by atoms with Crippen molar-refractivity contribution in [3.8, 4) is 0 Å². The maximum absolute atomic E-state index is 11.4. The number of carbonyl (C=O) groups is 1. The molecule has 0 heterocycles. The number of hydrogen-bond acceptors (Lipinski definition) is 3. The third-order valence-electron chi connectivity index (χ3n) is 4.22. The van der Waals surface area contributed by atoms with Crippen LogP contribution in [0.2, 0.25) is 11.1 Å². The standard InChI is InChI=1S/C18H37BO3/c1-12(15(17(6,7)8)22-13(2)20)19-18(9,10)14(21)11-16(3,4)5/h12,14-15,19,21H,11H2,1-10H3. The highest BCUT2D eigenvalue weighted by Gasteiger charge is 2.39. The molecule has 1 N–H and O–H groups in total. The number of aliphatic hydroxyl groups is 1. The Kier molecular flexibility index (Phi) is 7.21. The minimum atomic E-state index is -0.368. The van der Waals surface area contributed by atoms with Gasteiger partial charge in [0.05, 0.1) is 6.10 Å². The Bertz CT molecular complexity index is 364. The van der Waals surface area contributed by atoms with Gasteiger partial charge in [-0.15, -0.1) is 0 Å². The van der Waals surface area contributed by atoms with Crippen LogP contribution >= 0.6 is 0 Å². The molecule has 0 aromatic heterocycles. The summed E-state index contributed by atoms with van der Waals surface area (Å²) in [7, 11) is 0.819. The molecule has 0 aromatic rings. The summed E-state index contributed by atoms with van der Waals surface area (Å²) in [6.45, 7) is 20.5. The van der Waals surface area contributed by atoms with E-state index < -0.39 is 0 Å². The summed E-state index contributed by atoms with van der Waals surface area (Å²) >= 11 is 0. The molecule has 0 aliphatic carbocycles. The summed E-state index contributed by atoms with van der Waals surface area (Å²) in [6, 6.07) is 0. The predicted octanol–water partition coefficient (Wildman–Crippen LogP) is 4.20. The fraction of sp³-hybridized carbons (Fsp3) is 0.944. The molecular formula is C18H37BO3. The lowest BCUT2D eigenvalue weighted by Crippen LogP contribution is -2.41. The van der Waals surface area contributed by atoms with E-state index in [2.05, 4.69) is 62.3 Å². The Labute approximate surface area is 138 Å². The van der Waals surface area contributed by atoms with Crippen LogP contribution in [-0.4, -0.2) is 30.6 Å². The second-order valence-corrected chi connectivity index (χ2v) is 9.85. The molecule has 3 nitrogen and oxygen atoms in total. The Morgan fingerprint density at radius 3 is 1.86 bits per heavy atom. The summed E-state index contributed by atoms with van der Waals surface area (Å²) in [4.78, 5) is 11.4. The van der Waals surface area contributed by atoms with E-state index in [1.54, 1.807) is 0 Å². The van der Waals surface area contributed by atoms with E-state index >= 15 is 0 Å². The van der Waals surface area contributed by atoms with Crippen LogP contribution in [0.25, 0.3) is 0 Å². The van der Waals surface area contributed by atoms with Gasteiger partial charge in [0.25, 0.3) is 0 Å². The zero-order valence-electron chi connectivity index (χ0n) is 16.4. The van der Waals surface area contributed by atoms with Gasteiger partial charge in [-0.1, -0.05) is 62.3 Å². The fourth-order valence-electron chi connectivity index (χ4n) is 3.25. The van der Waals surface area contributed by atoms with Gasteiger partial charge in [0.2, 0.25) is 0 Å². The van der Waals surface area contributed by atoms with Crippen molar-refractivity contribution in [3.63, 3.8) is 0 Å². The number of aliphatic hydroxyl groups excluding tert-OH is 1. The lowest BCUT2D eigenvalue weighted by atomic mass is 9.42. The molecule has 0 aliphatic heterocycles. The highest BCUT2D eigenvalue weighted by Crippen LogP contribution is 2.41. The van der Waals surface area contributed by atoms with E-state index in [9.17, 15) is 9.90 Å². The lowest BCUT2D eigenvalue weighted by molar-refractivity contribution is -0.152. The first kappa shape index (κ1) is 21.5. The summed E-state index contributed by atoms with van der Waals surface area (Å²) < 4.78 is 5.58. The Morgan fingerprint density at radius 1 is 1.09 bits per heavy atom. The average Bonchev–Trinajstić information content (AvgIpc) is 2.20. The van der Waals surface area contributed by atoms with Crippen LogP contribution in [0.1, 0.15) is 75.7 Å². The van der Waals surface area contributed by atoms with Crippen LogP contribution in [0.5, 0.6) is 0 Å². The van der Waals surface area contributed by atoms with Gasteiger partial charge in [-0.25, -0.2) is 0 Å². The topological polar surface area (TPSA) is 46.5 Å². The van der Waals surface area contributed by atoms with E-state index in [1.165, 1.54) is 6.92 Å². The van der Waals surface area contributed by atoms with Crippen molar-refractivity contribution in [3.05, 3.63) is 0 Å². The van der Waals surface area contributed by atoms with Crippen molar-refractivity contribution in [2.75, 3.05) is 0 Å². The number of ether oxygens (including phenoxy) is 1. The SMILES string of the molecule is CC(=O)OC(C(C)BC(C)(C)C(O)CC(C)(C)C)C(C)(C)C. The van der Waals surface area contributed by atoms with Crippen molar-refractivity contribution in [1.29, 1.82) is 0 Å². The molecule has 0 radical (unpaired) electrons. The van der Waals surface area contributed by atoms with Gasteiger partial charge in [-0.05, 0) is 28.4 Å². The van der Waals surface area contributed by atoms with Gasteiger partial charge in [0.1, 0.15) is 13.4 Å². The van der Waals surface area contributed by atoms with Gasteiger partial charge >= 0.3 is 5.97 Å². The normalized spacial score (nSPS) is 17.6. The zero-order valence-corrected chi connectivity index (χ0v) is 16.4. The molecular weight excluding hydrogens is 275 g/mol. The quantitative estimate of drug-likeness (QED) is 0.590. The summed E-state index contributed by atoms with van der Waals surface area (Å²) in [5.41, 5.74) is -0.0185. The van der Waals surface area contributed by atoms with E-state index in [-0.39, 0.29) is 40.1 Å². The molecule has 0 saturated carbocycles. The van der Waals surface area contributed by atoms with E-state index in [0.29, 0.717) is 0 Å². The molecule has 3 unspecified atom stereocenters. The minimum Gasteiger partial charge on any atom is -0.462 e. The highest BCUT2D eigenvalue weighted by molar-refractivity contribution is 6.42. The second-order valence-electron chi connectivity index (χ2n) is 9.85. The van der Waals surface area contributed by atoms with Crippen molar-refractivity contribution >= 4 is 13.2 Å². The fourth-order valence-corrected chi connectivity index (χ4v) is 3.25. The molecule has 0 rings (SSSR count). The first-order chi connectivity index (χ1) is 9.56. The maximum atomic E-state index is 11.4. The van der Waals surface area contributed by atoms with E-state index in [4.69, 9.17) is 4.74 Å². The molecule has 0 amide bonds. The molecule has 0 saturated heterocycles. The zero-order chi connectivity index (χ0) is 17.9. The molecule has 0 fully saturated rings. The Morgan fingerprint density at radius 2 is 1.55 bits per heavy atom. The minimum absolute atomic E-state index is 0.0965. The van der Waals surface area contributed by atoms with E-state index in [0.717, 1.165) is 13.7 Å². The molecule has 0 aromatic carbocycles. The molecule has 0 aliphatic rings. The predicted molar refractivity (Wildman–Crippen MR) is 95.7 cm³/mol. The monoisotopic (exact) mass is 312 g/mol. The third kappa shape index (κ3) is 7.67. The number of rotatable bonds is 6. The lowest BCUT2D eigenvalue weighted by Gasteiger charge is -2.40. The van der Waals surface area contributed by atoms with E-state index in [1.807, 2.05) is 0 Å². The smallest absolute Gasteiger partial charge is 0.302 e. The first-order valence-electron chi connectivity index (χ1n) is 8.41. The van der Waals surface area contributed by atoms with Crippen molar-refractivity contribution in [2.45, 2.75) is 99.0 Å². The van der Waals surface area contributed by atoms with Gasteiger partial charge in [0.15, 0.2) is 0 Å². The maximum Gasteiger partial charge on any atom is 0.302 e. The van der Waals surface area contributed by atoms with Gasteiger partial charge in [-0.2, -0.15) is 0 Å². The third-order valence-corrected chi connectivity index (χ3v) is 4.22. The summed E-state index contributed by atoms with van der Waals surface area (Å²) in [5.74, 6) is -0.0478. The van der Waals surface area contributed by atoms with Gasteiger partial charge in [0, 0.05) is 6.92 Å². The molecule has 0 bridgehead atoms. The average molecular weight is 312 g/mol. The van der Waals surface area contributed by atoms with Crippen LogP contribution in [0.15, 0.2) is 0 Å². The van der Waals surface area contributed by atoms with Crippen LogP contribution in [0, 0.1) is 10.8 Å². The van der Waals surface area contributed by atoms with Crippen molar-refractivity contribution < 1.29 is 14.6 Å². The molecule has 0 spiro atoms. The van der Waals surface area contributed by atoms with Crippen LogP contribution in [0.4, 0.5) is 0 Å². The highest BCUT2D eigenvalue weighted by atomic mass is 16.5. The Hall–Kier alpha value is -0.505. The van der Waals surface area contributed by atoms with Crippen LogP contribution in [-0.2, 0) is 9.53 Å². The van der Waals surface area contributed by atoms with Crippen molar-refractivity contribution in [1.82, 2.24) is 0 Å². The largest absolute Gasteiger partial charge is 0.462 e. The second kappa shape index (κ2) is 7.38. The molecule has 3 atom stereocenters. The van der Waals surface area contributed by atoms with Crippen molar-refractivity contribution in [2.24, 2.45) is 10.8 Å². The summed E-state index contributed by atoms with van der Waals surface area (Å²) in [5, 5.41) is 10.4. The van der Waals surface area contributed by atoms with Crippen LogP contribution in [0.3, 0.4) is 0 Å². The number of esters is 1. The Balaban J connectivity index is 5.03. The molecule has 22 heavy (non-hydrogen) atoms. The van der Waals surface area contributed by atoms with Crippen LogP contribution < -0.4 is 0 Å².